The number of aliphatic carboxylic acids is 1. The lowest BCUT2D eigenvalue weighted by atomic mass is 9.93. The van der Waals surface area contributed by atoms with Crippen molar-refractivity contribution >= 4 is 5.97 Å². The Bertz CT molecular complexity index is 180. The fourth-order valence-electron chi connectivity index (χ4n) is 1.82. The fraction of sp³-hybridized carbons (Fsp3) is 0.917. The van der Waals surface area contributed by atoms with Crippen molar-refractivity contribution in [2.45, 2.75) is 58.9 Å². The first-order valence-electron chi connectivity index (χ1n) is 5.89. The highest BCUT2D eigenvalue weighted by molar-refractivity contribution is 5.67. The van der Waals surface area contributed by atoms with Crippen LogP contribution in [0.15, 0.2) is 0 Å². The monoisotopic (exact) mass is 215 g/mol. The SMILES string of the molecule is CC(C)CCCC(C)CC(N)CC(=O)O. The standard InChI is InChI=1S/C12H25NO2/c1-9(2)5-4-6-10(3)7-11(13)8-12(14)15/h9-11H,4-8,13H2,1-3H3,(H,14,15). The molecule has 3 N–H and O–H groups in total. The second-order valence-electron chi connectivity index (χ2n) is 5.02. The van der Waals surface area contributed by atoms with Gasteiger partial charge in [0.2, 0.25) is 0 Å². The number of carboxylic acids is 1. The van der Waals surface area contributed by atoms with E-state index in [4.69, 9.17) is 10.8 Å². The average Bonchev–Trinajstić information content (AvgIpc) is 2.00. The van der Waals surface area contributed by atoms with E-state index in [1.165, 1.54) is 12.8 Å². The molecule has 0 saturated heterocycles. The molecule has 0 rings (SSSR count). The summed E-state index contributed by atoms with van der Waals surface area (Å²) in [6, 6.07) is -0.184. The quantitative estimate of drug-likeness (QED) is 0.654. The number of carbonyl (C=O) groups is 1. The van der Waals surface area contributed by atoms with Crippen molar-refractivity contribution in [3.8, 4) is 0 Å². The van der Waals surface area contributed by atoms with Crippen LogP contribution in [-0.2, 0) is 4.79 Å². The lowest BCUT2D eigenvalue weighted by molar-refractivity contribution is -0.137. The van der Waals surface area contributed by atoms with E-state index < -0.39 is 5.97 Å². The van der Waals surface area contributed by atoms with Gasteiger partial charge < -0.3 is 10.8 Å². The highest BCUT2D eigenvalue weighted by Gasteiger charge is 2.12. The molecule has 0 saturated carbocycles. The van der Waals surface area contributed by atoms with Gasteiger partial charge in [0, 0.05) is 6.04 Å². The second-order valence-corrected chi connectivity index (χ2v) is 5.02. The molecule has 0 aliphatic carbocycles. The van der Waals surface area contributed by atoms with Gasteiger partial charge in [-0.2, -0.15) is 0 Å². The first-order chi connectivity index (χ1) is 6.91. The first-order valence-corrected chi connectivity index (χ1v) is 5.89. The molecule has 0 radical (unpaired) electrons. The molecule has 0 amide bonds. The third kappa shape index (κ3) is 9.73. The zero-order valence-corrected chi connectivity index (χ0v) is 10.2. The highest BCUT2D eigenvalue weighted by atomic mass is 16.4. The van der Waals surface area contributed by atoms with Gasteiger partial charge in [0.05, 0.1) is 6.42 Å². The van der Waals surface area contributed by atoms with E-state index in [2.05, 4.69) is 20.8 Å². The minimum Gasteiger partial charge on any atom is -0.481 e. The molecule has 90 valence electrons. The summed E-state index contributed by atoms with van der Waals surface area (Å²) in [5.74, 6) is 0.500. The van der Waals surface area contributed by atoms with E-state index in [1.54, 1.807) is 0 Å². The summed E-state index contributed by atoms with van der Waals surface area (Å²) >= 11 is 0. The van der Waals surface area contributed by atoms with E-state index in [1.807, 2.05) is 0 Å². The molecule has 0 aromatic heterocycles. The number of hydrogen-bond acceptors (Lipinski definition) is 2. The summed E-state index contributed by atoms with van der Waals surface area (Å²) < 4.78 is 0. The third-order valence-electron chi connectivity index (χ3n) is 2.62. The maximum Gasteiger partial charge on any atom is 0.304 e. The Morgan fingerprint density at radius 3 is 2.33 bits per heavy atom. The summed E-state index contributed by atoms with van der Waals surface area (Å²) in [5, 5.41) is 8.57. The molecular weight excluding hydrogens is 190 g/mol. The molecule has 3 nitrogen and oxygen atoms in total. The van der Waals surface area contributed by atoms with Gasteiger partial charge in [-0.25, -0.2) is 0 Å². The molecule has 0 aliphatic heterocycles. The molecule has 0 spiro atoms. The Kier molecular flexibility index (Phi) is 7.39. The van der Waals surface area contributed by atoms with Gasteiger partial charge in [0.25, 0.3) is 0 Å². The van der Waals surface area contributed by atoms with Crippen molar-refractivity contribution in [3.63, 3.8) is 0 Å². The summed E-state index contributed by atoms with van der Waals surface area (Å²) in [5.41, 5.74) is 5.73. The summed E-state index contributed by atoms with van der Waals surface area (Å²) in [7, 11) is 0. The van der Waals surface area contributed by atoms with Crippen LogP contribution in [0.25, 0.3) is 0 Å². The minimum absolute atomic E-state index is 0.0918. The Morgan fingerprint density at radius 1 is 1.27 bits per heavy atom. The fourth-order valence-corrected chi connectivity index (χ4v) is 1.82. The van der Waals surface area contributed by atoms with Crippen molar-refractivity contribution in [1.82, 2.24) is 0 Å². The Morgan fingerprint density at radius 2 is 1.87 bits per heavy atom. The van der Waals surface area contributed by atoms with Gasteiger partial charge >= 0.3 is 5.97 Å². The number of hydrogen-bond donors (Lipinski definition) is 2. The molecule has 2 atom stereocenters. The van der Waals surface area contributed by atoms with Crippen molar-refractivity contribution in [1.29, 1.82) is 0 Å². The molecule has 2 unspecified atom stereocenters. The Balaban J connectivity index is 3.55. The van der Waals surface area contributed by atoms with E-state index in [9.17, 15) is 4.79 Å². The molecule has 0 aromatic rings. The average molecular weight is 215 g/mol. The maximum atomic E-state index is 10.4. The van der Waals surface area contributed by atoms with Gasteiger partial charge in [-0.3, -0.25) is 4.79 Å². The Labute approximate surface area is 93.0 Å². The van der Waals surface area contributed by atoms with Crippen LogP contribution in [0.2, 0.25) is 0 Å². The second kappa shape index (κ2) is 7.69. The number of rotatable bonds is 8. The van der Waals surface area contributed by atoms with E-state index in [0.717, 1.165) is 18.8 Å². The molecule has 15 heavy (non-hydrogen) atoms. The number of carboxylic acid groups (broad SMARTS) is 1. The number of nitrogens with two attached hydrogens (primary N) is 1. The van der Waals surface area contributed by atoms with Gasteiger partial charge in [-0.1, -0.05) is 40.0 Å². The lowest BCUT2D eigenvalue weighted by Crippen LogP contribution is -2.25. The van der Waals surface area contributed by atoms with E-state index in [0.29, 0.717) is 5.92 Å². The van der Waals surface area contributed by atoms with Crippen LogP contribution in [0.5, 0.6) is 0 Å². The minimum atomic E-state index is -0.795. The molecule has 0 aromatic carbocycles. The van der Waals surface area contributed by atoms with Crippen LogP contribution in [-0.4, -0.2) is 17.1 Å². The Hall–Kier alpha value is -0.570. The van der Waals surface area contributed by atoms with Crippen LogP contribution >= 0.6 is 0 Å². The molecule has 0 bridgehead atoms. The summed E-state index contributed by atoms with van der Waals surface area (Å²) in [4.78, 5) is 10.4. The van der Waals surface area contributed by atoms with Gasteiger partial charge in [-0.05, 0) is 18.3 Å². The summed E-state index contributed by atoms with van der Waals surface area (Å²) in [6.45, 7) is 6.60. The van der Waals surface area contributed by atoms with Crippen LogP contribution in [0, 0.1) is 11.8 Å². The topological polar surface area (TPSA) is 63.3 Å². The van der Waals surface area contributed by atoms with Gasteiger partial charge in [0.15, 0.2) is 0 Å². The molecule has 3 heteroatoms. The molecule has 0 heterocycles. The van der Waals surface area contributed by atoms with E-state index in [-0.39, 0.29) is 12.5 Å². The predicted molar refractivity (Wildman–Crippen MR) is 62.7 cm³/mol. The zero-order chi connectivity index (χ0) is 11.8. The van der Waals surface area contributed by atoms with Crippen molar-refractivity contribution in [2.75, 3.05) is 0 Å². The maximum absolute atomic E-state index is 10.4. The van der Waals surface area contributed by atoms with Crippen LogP contribution in [0.1, 0.15) is 52.9 Å². The predicted octanol–water partition coefficient (Wildman–Crippen LogP) is 2.64. The van der Waals surface area contributed by atoms with Gasteiger partial charge in [0.1, 0.15) is 0 Å². The van der Waals surface area contributed by atoms with Crippen molar-refractivity contribution in [2.24, 2.45) is 17.6 Å². The van der Waals surface area contributed by atoms with Crippen LogP contribution in [0.3, 0.4) is 0 Å². The highest BCUT2D eigenvalue weighted by Crippen LogP contribution is 2.16. The van der Waals surface area contributed by atoms with Gasteiger partial charge in [-0.15, -0.1) is 0 Å². The smallest absolute Gasteiger partial charge is 0.304 e. The summed E-state index contributed by atoms with van der Waals surface area (Å²) in [6.07, 6.45) is 4.54. The van der Waals surface area contributed by atoms with E-state index >= 15 is 0 Å². The normalized spacial score (nSPS) is 15.3. The first kappa shape index (κ1) is 14.4. The third-order valence-corrected chi connectivity index (χ3v) is 2.62. The zero-order valence-electron chi connectivity index (χ0n) is 10.2. The lowest BCUT2D eigenvalue weighted by Gasteiger charge is -2.16. The molecule has 0 aliphatic rings. The molecular formula is C12H25NO2. The largest absolute Gasteiger partial charge is 0.481 e. The van der Waals surface area contributed by atoms with Crippen LogP contribution < -0.4 is 5.73 Å². The molecule has 0 fully saturated rings. The van der Waals surface area contributed by atoms with Crippen molar-refractivity contribution < 1.29 is 9.90 Å². The van der Waals surface area contributed by atoms with Crippen LogP contribution in [0.4, 0.5) is 0 Å². The van der Waals surface area contributed by atoms with Crippen molar-refractivity contribution in [3.05, 3.63) is 0 Å².